The van der Waals surface area contributed by atoms with E-state index >= 15 is 0 Å². The highest BCUT2D eigenvalue weighted by atomic mass is 32.2. The van der Waals surface area contributed by atoms with E-state index in [4.69, 9.17) is 0 Å². The molecule has 4 aliphatic rings. The van der Waals surface area contributed by atoms with Crippen LogP contribution < -0.4 is 5.32 Å². The molecule has 2 amide bonds. The summed E-state index contributed by atoms with van der Waals surface area (Å²) >= 11 is 1.43. The molecule has 2 N–H and O–H groups in total. The highest BCUT2D eigenvalue weighted by molar-refractivity contribution is 8.03. The van der Waals surface area contributed by atoms with Crippen LogP contribution in [0.2, 0.25) is 0 Å². The molecule has 0 aromatic rings. The second kappa shape index (κ2) is 10.1. The number of ketones is 1. The van der Waals surface area contributed by atoms with E-state index in [9.17, 15) is 32.7 Å². The number of Topliss-reactive ketones (excluding diaryl/α,β-unsaturated/α-hetero) is 1. The predicted molar refractivity (Wildman–Crippen MR) is 135 cm³/mol. The molecule has 200 valence electrons. The quantitative estimate of drug-likeness (QED) is 0.404. The molecule has 3 saturated heterocycles. The van der Waals surface area contributed by atoms with Gasteiger partial charge in [0.15, 0.2) is 0 Å². The molecular formula is C24H35N3O7S2. The van der Waals surface area contributed by atoms with Crippen LogP contribution in [0.4, 0.5) is 0 Å². The van der Waals surface area contributed by atoms with Gasteiger partial charge in [-0.15, -0.1) is 11.8 Å². The van der Waals surface area contributed by atoms with Crippen LogP contribution in [0.5, 0.6) is 0 Å². The molecule has 0 aromatic carbocycles. The number of nitrogens with zero attached hydrogens (tertiary/aromatic N) is 2. The van der Waals surface area contributed by atoms with Crippen molar-refractivity contribution in [1.82, 2.24) is 15.1 Å². The summed E-state index contributed by atoms with van der Waals surface area (Å²) in [5.74, 6) is -2.05. The van der Waals surface area contributed by atoms with Crippen LogP contribution in [-0.2, 0) is 29.0 Å². The van der Waals surface area contributed by atoms with Crippen LogP contribution >= 0.6 is 11.8 Å². The molecule has 3 fully saturated rings. The summed E-state index contributed by atoms with van der Waals surface area (Å²) in [6.07, 6.45) is 2.70. The van der Waals surface area contributed by atoms with Gasteiger partial charge in [0.05, 0.1) is 23.8 Å². The lowest BCUT2D eigenvalue weighted by atomic mass is 9.73. The van der Waals surface area contributed by atoms with Crippen molar-refractivity contribution in [2.45, 2.75) is 57.4 Å². The van der Waals surface area contributed by atoms with Crippen molar-refractivity contribution in [3.05, 3.63) is 10.6 Å². The second-order valence-corrected chi connectivity index (χ2v) is 14.4. The first-order valence-corrected chi connectivity index (χ1v) is 15.4. The normalized spacial score (nSPS) is 33.1. The van der Waals surface area contributed by atoms with Gasteiger partial charge in [-0.05, 0) is 31.6 Å². The van der Waals surface area contributed by atoms with Gasteiger partial charge in [-0.2, -0.15) is 0 Å². The minimum absolute atomic E-state index is 0.00814. The smallest absolute Gasteiger partial charge is 0.353 e. The summed E-state index contributed by atoms with van der Waals surface area (Å²) in [5.41, 5.74) is 0.0340. The summed E-state index contributed by atoms with van der Waals surface area (Å²) in [7, 11) is -3.09. The molecule has 36 heavy (non-hydrogen) atoms. The Labute approximate surface area is 216 Å². The standard InChI is InChI=1S/C24H35N3O7S2/c1-12(7-13(2)28)18-19-14(3)21(20(24(31)32)27(19)23(18)30)35-16-8-17(25-9-16)22(29)26-6-5-15(10-26)11-36(4,33)34/h12,14-19,25H,5-11H2,1-4H3,(H,31,32)/t12-,14+,15-,16-,17-,18+,19+/m0/s1. The number of amides is 2. The van der Waals surface area contributed by atoms with Gasteiger partial charge >= 0.3 is 5.97 Å². The molecule has 0 unspecified atom stereocenters. The predicted octanol–water partition coefficient (Wildman–Crippen LogP) is 0.731. The van der Waals surface area contributed by atoms with Gasteiger partial charge in [-0.25, -0.2) is 13.2 Å². The molecule has 0 aromatic heterocycles. The molecule has 4 aliphatic heterocycles. The Bertz CT molecular complexity index is 1100. The van der Waals surface area contributed by atoms with E-state index in [1.807, 2.05) is 13.8 Å². The summed E-state index contributed by atoms with van der Waals surface area (Å²) in [4.78, 5) is 53.5. The second-order valence-electron chi connectivity index (χ2n) is 10.9. The van der Waals surface area contributed by atoms with Gasteiger partial charge in [0.2, 0.25) is 11.8 Å². The number of carbonyl (C=O) groups excluding carboxylic acids is 3. The Balaban J connectivity index is 1.40. The van der Waals surface area contributed by atoms with E-state index in [0.29, 0.717) is 37.4 Å². The molecule has 4 rings (SSSR count). The minimum atomic E-state index is -3.09. The van der Waals surface area contributed by atoms with E-state index in [1.54, 1.807) is 4.90 Å². The lowest BCUT2D eigenvalue weighted by Crippen LogP contribution is -2.62. The Hall–Kier alpha value is -1.92. The number of sulfone groups is 1. The molecular weight excluding hydrogens is 506 g/mol. The van der Waals surface area contributed by atoms with E-state index in [0.717, 1.165) is 0 Å². The molecule has 4 heterocycles. The molecule has 0 saturated carbocycles. The van der Waals surface area contributed by atoms with E-state index < -0.39 is 21.8 Å². The van der Waals surface area contributed by atoms with E-state index in [2.05, 4.69) is 5.32 Å². The number of thioether (sulfide) groups is 1. The Morgan fingerprint density at radius 3 is 2.58 bits per heavy atom. The van der Waals surface area contributed by atoms with Crippen LogP contribution in [0.15, 0.2) is 10.6 Å². The third kappa shape index (κ3) is 5.22. The first-order chi connectivity index (χ1) is 16.8. The number of hydrogen-bond acceptors (Lipinski definition) is 8. The topological polar surface area (TPSA) is 141 Å². The Kier molecular flexibility index (Phi) is 7.60. The van der Waals surface area contributed by atoms with Crippen molar-refractivity contribution in [1.29, 1.82) is 0 Å². The number of carboxylic acids is 1. The molecule has 7 atom stereocenters. The molecule has 0 aliphatic carbocycles. The van der Waals surface area contributed by atoms with Gasteiger partial charge in [0.25, 0.3) is 0 Å². The average Bonchev–Trinajstić information content (AvgIpc) is 3.45. The minimum Gasteiger partial charge on any atom is -0.477 e. The Morgan fingerprint density at radius 1 is 1.28 bits per heavy atom. The van der Waals surface area contributed by atoms with Crippen molar-refractivity contribution in [2.75, 3.05) is 31.6 Å². The fourth-order valence-electron chi connectivity index (χ4n) is 6.33. The van der Waals surface area contributed by atoms with Gasteiger partial charge < -0.3 is 25.0 Å². The van der Waals surface area contributed by atoms with Gasteiger partial charge in [0.1, 0.15) is 21.3 Å². The van der Waals surface area contributed by atoms with E-state index in [1.165, 1.54) is 29.8 Å². The van der Waals surface area contributed by atoms with Crippen LogP contribution in [0.25, 0.3) is 0 Å². The summed E-state index contributed by atoms with van der Waals surface area (Å²) in [6.45, 7) is 6.82. The molecule has 0 radical (unpaired) electrons. The van der Waals surface area contributed by atoms with Crippen LogP contribution in [0.3, 0.4) is 0 Å². The fourth-order valence-corrected chi connectivity index (χ4v) is 8.93. The zero-order valence-electron chi connectivity index (χ0n) is 21.1. The molecule has 0 bridgehead atoms. The van der Waals surface area contributed by atoms with Gasteiger partial charge in [0, 0.05) is 48.4 Å². The molecule has 10 nitrogen and oxygen atoms in total. The van der Waals surface area contributed by atoms with Gasteiger partial charge in [-0.3, -0.25) is 9.59 Å². The summed E-state index contributed by atoms with van der Waals surface area (Å²) in [6, 6.07) is -0.657. The zero-order chi connectivity index (χ0) is 26.5. The third-order valence-electron chi connectivity index (χ3n) is 7.83. The fraction of sp³-hybridized carbons (Fsp3) is 0.750. The van der Waals surface area contributed by atoms with Crippen LogP contribution in [-0.4, -0.2) is 95.9 Å². The van der Waals surface area contributed by atoms with Crippen LogP contribution in [0, 0.1) is 23.7 Å². The maximum Gasteiger partial charge on any atom is 0.353 e. The SMILES string of the molecule is CC(=O)C[C@H](C)[C@H]1C(=O)N2C(C(=O)O)=C(S[C@@H]3CN[C@H](C(=O)N4CC[C@H](CS(C)(=O)=O)C4)C3)[C@H](C)[C@H]12. The average molecular weight is 542 g/mol. The van der Waals surface area contributed by atoms with Crippen molar-refractivity contribution >= 4 is 45.2 Å². The monoisotopic (exact) mass is 541 g/mol. The number of nitrogens with one attached hydrogen (secondary N) is 1. The van der Waals surface area contributed by atoms with E-state index in [-0.39, 0.29) is 70.4 Å². The number of hydrogen-bond donors (Lipinski definition) is 2. The lowest BCUT2D eigenvalue weighted by Gasteiger charge is -2.47. The maximum atomic E-state index is 13.1. The zero-order valence-corrected chi connectivity index (χ0v) is 22.7. The summed E-state index contributed by atoms with van der Waals surface area (Å²) in [5, 5.41) is 13.2. The van der Waals surface area contributed by atoms with Crippen molar-refractivity contribution < 1.29 is 32.7 Å². The van der Waals surface area contributed by atoms with Crippen molar-refractivity contribution in [2.24, 2.45) is 23.7 Å². The number of β-lactam (4-membered cyclic amide) rings is 1. The number of likely N-dealkylation sites (tertiary alicyclic amines) is 1. The first-order valence-electron chi connectivity index (χ1n) is 12.4. The van der Waals surface area contributed by atoms with Crippen LogP contribution in [0.1, 0.15) is 40.0 Å². The number of carboxylic acid groups (broad SMARTS) is 1. The maximum absolute atomic E-state index is 13.1. The number of fused-ring (bicyclic) bond motifs is 1. The van der Waals surface area contributed by atoms with Gasteiger partial charge in [-0.1, -0.05) is 13.8 Å². The highest BCUT2D eigenvalue weighted by Crippen LogP contribution is 2.53. The first kappa shape index (κ1) is 27.1. The number of rotatable bonds is 9. The molecule has 0 spiro atoms. The largest absolute Gasteiger partial charge is 0.477 e. The van der Waals surface area contributed by atoms with Crippen molar-refractivity contribution in [3.8, 4) is 0 Å². The number of aliphatic carboxylic acids is 1. The lowest BCUT2D eigenvalue weighted by molar-refractivity contribution is -0.160. The summed E-state index contributed by atoms with van der Waals surface area (Å²) < 4.78 is 23.2. The highest BCUT2D eigenvalue weighted by Gasteiger charge is 2.60. The Morgan fingerprint density at radius 2 is 1.97 bits per heavy atom. The molecule has 12 heteroatoms. The van der Waals surface area contributed by atoms with Crippen molar-refractivity contribution in [3.63, 3.8) is 0 Å². The number of carbonyl (C=O) groups is 4. The third-order valence-corrected chi connectivity index (χ3v) is 10.4.